The van der Waals surface area contributed by atoms with Crippen molar-refractivity contribution >= 4 is 111 Å². The predicted octanol–water partition coefficient (Wildman–Crippen LogP) is 17.4. The first-order chi connectivity index (χ1) is 67.9. The minimum absolute atomic E-state index is 0.00188. The number of H-pyrrole nitrogens is 5. The number of amides is 5. The Hall–Kier alpha value is -13.1. The van der Waals surface area contributed by atoms with Gasteiger partial charge in [0.25, 0.3) is 0 Å². The number of nitrogens with two attached hydrogens (primary N) is 5. The Morgan fingerprint density at radius 1 is 0.314 bits per heavy atom. The topological polar surface area (TPSA) is 439 Å². The van der Waals surface area contributed by atoms with Crippen LogP contribution in [0.4, 0.5) is 8.78 Å². The van der Waals surface area contributed by atoms with Crippen molar-refractivity contribution in [2.45, 2.75) is 134 Å². The van der Waals surface area contributed by atoms with E-state index in [9.17, 15) is 32.8 Å². The third-order valence-corrected chi connectivity index (χ3v) is 27.8. The van der Waals surface area contributed by atoms with Crippen LogP contribution < -0.4 is 28.7 Å². The maximum absolute atomic E-state index is 14.5. The molecule has 5 aromatic carbocycles. The average molecular weight is 2030 g/mol. The van der Waals surface area contributed by atoms with E-state index in [0.717, 1.165) is 129 Å². The molecule has 5 unspecified atom stereocenters. The van der Waals surface area contributed by atoms with Crippen molar-refractivity contribution in [3.63, 3.8) is 0 Å². The monoisotopic (exact) mass is 2020 g/mol. The van der Waals surface area contributed by atoms with Crippen LogP contribution in [0.5, 0.6) is 0 Å². The van der Waals surface area contributed by atoms with Crippen LogP contribution in [0.2, 0.25) is 35.2 Å². The van der Waals surface area contributed by atoms with Crippen LogP contribution in [0, 0.1) is 18.6 Å². The molecule has 140 heavy (non-hydrogen) atoms. The first-order valence-corrected chi connectivity index (χ1v) is 47.9. The molecule has 15 N–H and O–H groups in total. The molecule has 0 saturated carbocycles. The van der Waals surface area contributed by atoms with Gasteiger partial charge in [0.2, 0.25) is 29.5 Å². The fraction of sp³-hybridized carbons (Fsp3) is 0.257. The molecule has 0 radical (unpaired) electrons. The number of nitrogens with one attached hydrogen (secondary N) is 5. The molecular weight excluding hydrogens is 1930 g/mol. The molecule has 10 aromatic heterocycles. The first kappa shape index (κ1) is 99.9. The van der Waals surface area contributed by atoms with E-state index in [1.807, 2.05) is 108 Å². The third kappa shape index (κ3) is 22.2. The minimum Gasteiger partial charge on any atom is -0.332 e. The van der Waals surface area contributed by atoms with Crippen LogP contribution in [0.1, 0.15) is 151 Å². The van der Waals surface area contributed by atoms with Crippen molar-refractivity contribution in [1.29, 1.82) is 0 Å². The molecule has 0 aliphatic carbocycles. The molecule has 15 heterocycles. The highest BCUT2D eigenvalue weighted by Gasteiger charge is 2.41. The molecular formula is C101H98Cl7F2N25O5. The number of benzene rings is 5. The van der Waals surface area contributed by atoms with E-state index < -0.39 is 29.4 Å². The van der Waals surface area contributed by atoms with Crippen LogP contribution in [-0.4, -0.2) is 163 Å². The fourth-order valence-corrected chi connectivity index (χ4v) is 19.3. The number of carbonyl (C=O) groups excluding carboxylic acids is 5. The summed E-state index contributed by atoms with van der Waals surface area (Å²) in [6.45, 7) is 8.39. The summed E-state index contributed by atoms with van der Waals surface area (Å²) in [6.07, 6.45) is 19.8. The van der Waals surface area contributed by atoms with Gasteiger partial charge in [-0.25, -0.2) is 8.78 Å². The average Bonchev–Trinajstić information content (AvgIpc) is 1.65. The summed E-state index contributed by atoms with van der Waals surface area (Å²) in [4.78, 5) is 96.1. The van der Waals surface area contributed by atoms with Gasteiger partial charge in [-0.15, -0.1) is 0 Å². The Balaban J connectivity index is 0.000000126. The van der Waals surface area contributed by atoms with E-state index in [4.69, 9.17) is 110 Å². The molecule has 0 saturated heterocycles. The lowest BCUT2D eigenvalue weighted by Gasteiger charge is -2.24. The molecule has 39 heteroatoms. The summed E-state index contributed by atoms with van der Waals surface area (Å²) in [6, 6.07) is 44.7. The zero-order valence-corrected chi connectivity index (χ0v) is 81.1. The first-order valence-electron chi connectivity index (χ1n) is 45.2. The number of pyridine rings is 5. The van der Waals surface area contributed by atoms with Crippen LogP contribution in [0.3, 0.4) is 0 Å². The van der Waals surface area contributed by atoms with Gasteiger partial charge in [-0.2, -0.15) is 25.5 Å². The van der Waals surface area contributed by atoms with Crippen molar-refractivity contribution in [2.24, 2.45) is 28.7 Å². The Bertz CT molecular complexity index is 6370. The van der Waals surface area contributed by atoms with E-state index in [1.54, 1.807) is 119 Å². The summed E-state index contributed by atoms with van der Waals surface area (Å²) in [5, 5.41) is 39.7. The predicted molar refractivity (Wildman–Crippen MR) is 534 cm³/mol. The highest BCUT2D eigenvalue weighted by Crippen LogP contribution is 2.43. The number of rotatable bonds is 25. The molecule has 5 aliphatic rings. The van der Waals surface area contributed by atoms with Gasteiger partial charge in [0.15, 0.2) is 0 Å². The Morgan fingerprint density at radius 3 is 0.907 bits per heavy atom. The van der Waals surface area contributed by atoms with Crippen molar-refractivity contribution in [2.75, 3.05) is 32.7 Å². The smallest absolute Gasteiger partial charge is 0.230 e. The number of nitrogens with zero attached hydrogens (tertiary/aromatic N) is 15. The summed E-state index contributed by atoms with van der Waals surface area (Å²) < 4.78 is 28.5. The van der Waals surface area contributed by atoms with Gasteiger partial charge in [0, 0.05) is 128 Å². The maximum atomic E-state index is 14.5. The van der Waals surface area contributed by atoms with Crippen LogP contribution in [0.25, 0.3) is 56.3 Å². The Kier molecular flexibility index (Phi) is 32.8. The Labute approximate surface area is 839 Å². The van der Waals surface area contributed by atoms with Gasteiger partial charge in [0.05, 0.1) is 182 Å². The summed E-state index contributed by atoms with van der Waals surface area (Å²) in [7, 11) is 0. The number of hydrogen-bond donors (Lipinski definition) is 10. The maximum Gasteiger partial charge on any atom is 0.230 e. The third-order valence-electron chi connectivity index (χ3n) is 25.3. The van der Waals surface area contributed by atoms with Gasteiger partial charge in [-0.1, -0.05) is 130 Å². The molecule has 30 nitrogen and oxygen atoms in total. The summed E-state index contributed by atoms with van der Waals surface area (Å²) in [5.74, 6) is -3.60. The molecule has 5 aliphatic heterocycles. The van der Waals surface area contributed by atoms with E-state index in [2.05, 4.69) is 75.9 Å². The van der Waals surface area contributed by atoms with Crippen molar-refractivity contribution in [1.82, 2.24) is 100 Å². The molecule has 0 spiro atoms. The normalized spacial score (nSPS) is 14.2. The number of aryl methyl sites for hydroxylation is 1. The summed E-state index contributed by atoms with van der Waals surface area (Å²) in [5.41, 5.74) is 51.5. The van der Waals surface area contributed by atoms with E-state index >= 15 is 0 Å². The second-order valence-corrected chi connectivity index (χ2v) is 36.9. The van der Waals surface area contributed by atoms with E-state index in [0.29, 0.717) is 160 Å². The lowest BCUT2D eigenvalue weighted by molar-refractivity contribution is -0.134. The van der Waals surface area contributed by atoms with Crippen molar-refractivity contribution in [3.8, 4) is 56.3 Å². The number of aromatic nitrogens is 15. The zero-order valence-electron chi connectivity index (χ0n) is 75.8. The van der Waals surface area contributed by atoms with E-state index in [-0.39, 0.29) is 63.5 Å². The van der Waals surface area contributed by atoms with Crippen LogP contribution in [-0.2, 0) is 89.4 Å². The number of carbonyl (C=O) groups is 5. The zero-order chi connectivity index (χ0) is 98.4. The number of hydrogen-bond acceptors (Lipinski definition) is 20. The van der Waals surface area contributed by atoms with Gasteiger partial charge in [-0.3, -0.25) is 74.4 Å². The molecule has 720 valence electrons. The quantitative estimate of drug-likeness (QED) is 0.0254. The summed E-state index contributed by atoms with van der Waals surface area (Å²) >= 11 is 42.7. The number of fused-ring (bicyclic) bond motifs is 5. The molecule has 5 atom stereocenters. The van der Waals surface area contributed by atoms with Gasteiger partial charge < -0.3 is 53.2 Å². The lowest BCUT2D eigenvalue weighted by atomic mass is 9.93. The second-order valence-electron chi connectivity index (χ2n) is 34.1. The largest absolute Gasteiger partial charge is 0.332 e. The molecule has 0 fully saturated rings. The fourth-order valence-electron chi connectivity index (χ4n) is 18.1. The molecule has 20 rings (SSSR count). The highest BCUT2D eigenvalue weighted by molar-refractivity contribution is 6.43. The van der Waals surface area contributed by atoms with Crippen LogP contribution >= 0.6 is 81.2 Å². The van der Waals surface area contributed by atoms with Crippen molar-refractivity contribution in [3.05, 3.63) is 350 Å². The minimum atomic E-state index is -0.678. The van der Waals surface area contributed by atoms with Crippen molar-refractivity contribution < 1.29 is 32.8 Å². The van der Waals surface area contributed by atoms with Crippen LogP contribution in [0.15, 0.2) is 214 Å². The highest BCUT2D eigenvalue weighted by atomic mass is 35.5. The van der Waals surface area contributed by atoms with Gasteiger partial charge >= 0.3 is 0 Å². The standard InChI is InChI=1S/C21H22ClN5O.2C20H19Cl2N5O.2C20H19ClFN5O/c1-13-4-5-14(9-18(13)22)16(6-7-23)21(28)27-11-17-19(12-27)25-26-20(17)15-3-2-8-24-10-15;21-16-5-1-4-13(18(16)22)14(6-7-23)20(28)27-10-15-17(11-27)25-26-19(15)12-3-2-8-24-9-12;21-16-4-3-12(8-17(16)22)14(5-6-23)20(28)27-10-15-18(11-27)25-26-19(15)13-2-1-7-24-9-13;21-16-5-1-4-13(18(16)22)14(6-7-23)20(28)27-10-15-17(11-27)25-26-19(15)12-3-2-8-24-9-12;21-16-4-3-12(8-17(16)22)14(5-6-23)20(28)27-10-15-18(11-27)25-26-19(15)13-2-1-7-24-9-13/h2-5,8-10,16H,6-7,11-12,23H2,1H3,(H,25,26);1-5,8-9,14H,6-7,10-11,23H2,(H,25,26);1-4,7-9,14H,5-6,10-11,23H2,(H,25,26);1-5,8-9,14H,6-7,10-11,23H2,(H,25,26);1-4,7-9,14H,5-6,10-11,23H2,(H,25,26). The number of halogens is 9. The second kappa shape index (κ2) is 45.9. The molecule has 5 amide bonds. The molecule has 0 bridgehead atoms. The lowest BCUT2D eigenvalue weighted by Crippen LogP contribution is -2.32. The SMILES string of the molecule is Cc1ccc(C(CCN)C(=O)N2Cc3[nH]nc(-c4cccnc4)c3C2)cc1Cl.NCCC(C(=O)N1Cc2[nH]nc(-c3cccnc3)c2C1)c1ccc(Cl)c(Cl)c1.NCCC(C(=O)N1Cc2[nH]nc(-c3cccnc3)c2C1)c1ccc(Cl)c(F)c1.NCCC(C(=O)N1Cc2[nH]nc(-c3cccnc3)c2C1)c1cccc(Cl)c1Cl.NCCC(C(=O)N1Cc2[nH]nc(-c3cccnc3)c2C1)c1cccc(Cl)c1F. The number of aromatic amines is 5. The van der Waals surface area contributed by atoms with E-state index in [1.165, 1.54) is 18.2 Å². The van der Waals surface area contributed by atoms with Gasteiger partial charge in [0.1, 0.15) is 11.6 Å². The van der Waals surface area contributed by atoms with Gasteiger partial charge in [-0.05, 0) is 203 Å². The Morgan fingerprint density at radius 2 is 0.600 bits per heavy atom. The molecule has 15 aromatic rings.